The molecule has 5 rings (SSSR count). The Morgan fingerprint density at radius 2 is 1.74 bits per heavy atom. The van der Waals surface area contributed by atoms with E-state index in [0.29, 0.717) is 39.2 Å². The Balaban J connectivity index is 1.47. The number of carbonyl (C=O) groups is 2. The molecule has 38 heavy (non-hydrogen) atoms. The number of benzene rings is 2. The van der Waals surface area contributed by atoms with E-state index in [9.17, 15) is 9.59 Å². The first-order valence-corrected chi connectivity index (χ1v) is 13.9. The molecule has 0 radical (unpaired) electrons. The van der Waals surface area contributed by atoms with E-state index in [4.69, 9.17) is 14.9 Å². The van der Waals surface area contributed by atoms with Crippen molar-refractivity contribution in [3.8, 4) is 21.9 Å². The normalized spacial score (nSPS) is 17.6. The maximum Gasteiger partial charge on any atom is 0.350 e. The van der Waals surface area contributed by atoms with Gasteiger partial charge in [0, 0.05) is 28.1 Å². The van der Waals surface area contributed by atoms with Crippen LogP contribution >= 0.6 is 11.3 Å². The first-order valence-electron chi connectivity index (χ1n) is 13.1. The molecule has 0 bridgehead atoms. The molecule has 1 aliphatic rings. The van der Waals surface area contributed by atoms with E-state index in [2.05, 4.69) is 11.9 Å². The van der Waals surface area contributed by atoms with Gasteiger partial charge in [-0.3, -0.25) is 4.79 Å². The third-order valence-electron chi connectivity index (χ3n) is 7.29. The van der Waals surface area contributed by atoms with E-state index in [-0.39, 0.29) is 17.9 Å². The highest BCUT2D eigenvalue weighted by Crippen LogP contribution is 2.40. The number of esters is 1. The number of nitrogen functional groups attached to an aromatic ring is 1. The van der Waals surface area contributed by atoms with Crippen LogP contribution in [0, 0.1) is 11.8 Å². The number of carbonyl (C=O) groups excluding carboxylic acids is 2. The van der Waals surface area contributed by atoms with Crippen LogP contribution in [0.4, 0.5) is 11.4 Å². The molecule has 8 heteroatoms. The number of nitrogens with zero attached hydrogens (tertiary/aromatic N) is 2. The summed E-state index contributed by atoms with van der Waals surface area (Å²) in [6.45, 7) is 6.22. The fourth-order valence-electron chi connectivity index (χ4n) is 5.14. The molecule has 0 unspecified atom stereocenters. The Kier molecular flexibility index (Phi) is 7.25. The molecular formula is C30H33N3O4S. The Labute approximate surface area is 226 Å². The number of fused-ring (bicyclic) bond motifs is 1. The maximum atomic E-state index is 13.7. The van der Waals surface area contributed by atoms with Crippen molar-refractivity contribution in [3.05, 3.63) is 53.4 Å². The molecule has 198 valence electrons. The second kappa shape index (κ2) is 10.6. The van der Waals surface area contributed by atoms with Gasteiger partial charge in [-0.15, -0.1) is 11.3 Å². The van der Waals surface area contributed by atoms with Gasteiger partial charge in [-0.25, -0.2) is 9.78 Å². The van der Waals surface area contributed by atoms with Crippen molar-refractivity contribution in [3.63, 3.8) is 0 Å². The Hall–Kier alpha value is -3.65. The van der Waals surface area contributed by atoms with Crippen molar-refractivity contribution in [2.24, 2.45) is 11.8 Å². The lowest BCUT2D eigenvalue weighted by Gasteiger charge is -2.33. The quantitative estimate of drug-likeness (QED) is 0.209. The molecule has 2 aromatic carbocycles. The molecule has 0 atom stereocenters. The molecule has 0 saturated heterocycles. The van der Waals surface area contributed by atoms with Crippen molar-refractivity contribution in [1.82, 2.24) is 4.98 Å². The van der Waals surface area contributed by atoms with E-state index in [0.717, 1.165) is 41.7 Å². The zero-order chi connectivity index (χ0) is 27.0. The minimum atomic E-state index is -0.436. The molecule has 1 aliphatic carbocycles. The molecule has 4 aromatic rings. The molecule has 2 aromatic heterocycles. The monoisotopic (exact) mass is 531 g/mol. The molecule has 7 nitrogen and oxygen atoms in total. The average molecular weight is 532 g/mol. The number of nitrogens with two attached hydrogens (primary N) is 1. The zero-order valence-electron chi connectivity index (χ0n) is 22.2. The van der Waals surface area contributed by atoms with Crippen LogP contribution in [0.5, 0.6) is 0 Å². The van der Waals surface area contributed by atoms with Gasteiger partial charge >= 0.3 is 5.97 Å². The summed E-state index contributed by atoms with van der Waals surface area (Å²) < 4.78 is 11.0. The number of ether oxygens (including phenoxy) is 1. The second-order valence-corrected chi connectivity index (χ2v) is 11.5. The van der Waals surface area contributed by atoms with Gasteiger partial charge in [-0.05, 0) is 87.4 Å². The Bertz CT molecular complexity index is 1460. The lowest BCUT2D eigenvalue weighted by Crippen LogP contribution is -2.42. The molecule has 0 spiro atoms. The summed E-state index contributed by atoms with van der Waals surface area (Å²) in [5.74, 6) is 0.800. The van der Waals surface area contributed by atoms with Gasteiger partial charge < -0.3 is 19.8 Å². The van der Waals surface area contributed by atoms with Gasteiger partial charge in [0.05, 0.1) is 12.8 Å². The topological polar surface area (TPSA) is 98.7 Å². The van der Waals surface area contributed by atoms with E-state index in [1.165, 1.54) is 18.4 Å². The average Bonchev–Trinajstić information content (AvgIpc) is 3.53. The summed E-state index contributed by atoms with van der Waals surface area (Å²) in [5, 5.41) is 0. The number of hydrogen-bond acceptors (Lipinski definition) is 7. The van der Waals surface area contributed by atoms with Gasteiger partial charge in [0.25, 0.3) is 0 Å². The van der Waals surface area contributed by atoms with Crippen LogP contribution in [0.15, 0.2) is 52.9 Å². The number of hydrogen-bond donors (Lipinski definition) is 1. The molecule has 2 heterocycles. The van der Waals surface area contributed by atoms with Crippen LogP contribution in [0.25, 0.3) is 33.0 Å². The highest BCUT2D eigenvalue weighted by molar-refractivity contribution is 7.18. The number of anilines is 2. The van der Waals surface area contributed by atoms with E-state index in [1.807, 2.05) is 50.2 Å². The Morgan fingerprint density at radius 1 is 1.05 bits per heavy atom. The standard InChI is InChI=1S/C30H33N3O4S/c1-17(2)33(29(34)21-7-5-18(3)6-8-21)24-16-26(38-27(24)30(35)36-4)19-9-11-20(12-10-19)28-32-23-15-22(31)13-14-25(23)37-28/h9-18,21H,5-8,31H2,1-4H3/t18-,21-. The van der Waals surface area contributed by atoms with Crippen LogP contribution in [0.3, 0.4) is 0 Å². The summed E-state index contributed by atoms with van der Waals surface area (Å²) in [5.41, 5.74) is 10.3. The van der Waals surface area contributed by atoms with Crippen molar-refractivity contribution in [2.45, 2.75) is 52.5 Å². The lowest BCUT2D eigenvalue weighted by molar-refractivity contribution is -0.123. The van der Waals surface area contributed by atoms with Crippen LogP contribution in [0.2, 0.25) is 0 Å². The number of rotatable bonds is 6. The molecule has 1 amide bonds. The van der Waals surface area contributed by atoms with Crippen LogP contribution in [0.1, 0.15) is 56.1 Å². The van der Waals surface area contributed by atoms with Crippen LogP contribution in [-0.2, 0) is 9.53 Å². The third kappa shape index (κ3) is 5.05. The fraction of sp³-hybridized carbons (Fsp3) is 0.367. The molecule has 1 saturated carbocycles. The third-order valence-corrected chi connectivity index (χ3v) is 8.44. The second-order valence-electron chi connectivity index (χ2n) is 10.4. The van der Waals surface area contributed by atoms with Gasteiger partial charge in [-0.2, -0.15) is 0 Å². The zero-order valence-corrected chi connectivity index (χ0v) is 23.0. The molecular weight excluding hydrogens is 498 g/mol. The highest BCUT2D eigenvalue weighted by Gasteiger charge is 2.33. The van der Waals surface area contributed by atoms with Crippen LogP contribution in [-0.4, -0.2) is 30.0 Å². The number of methoxy groups -OCH3 is 1. The molecule has 0 aliphatic heterocycles. The SMILES string of the molecule is COC(=O)c1sc(-c2ccc(-c3nc4cc(N)ccc4o3)cc2)cc1N(C(=O)[C@H]1CC[C@H](C)CC1)C(C)C. The smallest absolute Gasteiger partial charge is 0.350 e. The first kappa shape index (κ1) is 26.0. The lowest BCUT2D eigenvalue weighted by atomic mass is 9.82. The highest BCUT2D eigenvalue weighted by atomic mass is 32.1. The summed E-state index contributed by atoms with van der Waals surface area (Å²) in [4.78, 5) is 34.2. The minimum absolute atomic E-state index is 0.0200. The first-order chi connectivity index (χ1) is 18.2. The van der Waals surface area contributed by atoms with Gasteiger partial charge in [0.1, 0.15) is 10.4 Å². The number of oxazole rings is 1. The summed E-state index contributed by atoms with van der Waals surface area (Å²) in [7, 11) is 1.37. The summed E-state index contributed by atoms with van der Waals surface area (Å²) in [6.07, 6.45) is 3.89. The number of thiophene rings is 1. The van der Waals surface area contributed by atoms with Crippen molar-refractivity contribution in [1.29, 1.82) is 0 Å². The van der Waals surface area contributed by atoms with Crippen molar-refractivity contribution >= 4 is 45.7 Å². The van der Waals surface area contributed by atoms with Gasteiger partial charge in [0.15, 0.2) is 5.58 Å². The fourth-order valence-corrected chi connectivity index (χ4v) is 6.21. The Morgan fingerprint density at radius 3 is 2.39 bits per heavy atom. The van der Waals surface area contributed by atoms with Gasteiger partial charge in [0.2, 0.25) is 11.8 Å². The van der Waals surface area contributed by atoms with E-state index < -0.39 is 5.97 Å². The van der Waals surface area contributed by atoms with E-state index in [1.54, 1.807) is 17.0 Å². The largest absolute Gasteiger partial charge is 0.465 e. The van der Waals surface area contributed by atoms with Crippen LogP contribution < -0.4 is 10.6 Å². The minimum Gasteiger partial charge on any atom is -0.465 e. The summed E-state index contributed by atoms with van der Waals surface area (Å²) >= 11 is 1.34. The predicted molar refractivity (Wildman–Crippen MR) is 152 cm³/mol. The number of amides is 1. The van der Waals surface area contributed by atoms with Crippen molar-refractivity contribution < 1.29 is 18.7 Å². The molecule has 2 N–H and O–H groups in total. The van der Waals surface area contributed by atoms with Gasteiger partial charge in [-0.1, -0.05) is 19.1 Å². The number of aromatic nitrogens is 1. The molecule has 1 fully saturated rings. The van der Waals surface area contributed by atoms with E-state index >= 15 is 0 Å². The van der Waals surface area contributed by atoms with Crippen molar-refractivity contribution in [2.75, 3.05) is 17.7 Å². The predicted octanol–water partition coefficient (Wildman–Crippen LogP) is 7.16. The summed E-state index contributed by atoms with van der Waals surface area (Å²) in [6, 6.07) is 15.1. The maximum absolute atomic E-state index is 13.7.